The van der Waals surface area contributed by atoms with E-state index in [1.807, 2.05) is 51.1 Å². The second-order valence-electron chi connectivity index (χ2n) is 5.12. The molecule has 5 nitrogen and oxygen atoms in total. The third kappa shape index (κ3) is 6.89. The molecule has 5 heteroatoms. The molecule has 1 aromatic rings. The minimum atomic E-state index is -0.0690. The predicted octanol–water partition coefficient (Wildman–Crippen LogP) is 1.52. The lowest BCUT2D eigenvalue weighted by molar-refractivity contribution is -0.121. The van der Waals surface area contributed by atoms with Crippen LogP contribution in [0.25, 0.3) is 0 Å². The van der Waals surface area contributed by atoms with E-state index < -0.39 is 0 Å². The quantitative estimate of drug-likeness (QED) is 0.707. The molecule has 0 radical (unpaired) electrons. The standard InChI is InChI=1S/C15H23N3O2/c1-11(2)17-15(20)10-16-12(3)9-14(19)18-13-7-5-4-6-8-13/h4-8,11-12,16H,9-10H2,1-3H3,(H,17,20)(H,18,19). The molecule has 0 spiro atoms. The van der Waals surface area contributed by atoms with Gasteiger partial charge in [0.1, 0.15) is 0 Å². The summed E-state index contributed by atoms with van der Waals surface area (Å²) in [5, 5.41) is 8.63. The van der Waals surface area contributed by atoms with Gasteiger partial charge in [0.25, 0.3) is 0 Å². The van der Waals surface area contributed by atoms with Crippen LogP contribution in [-0.2, 0) is 9.59 Å². The van der Waals surface area contributed by atoms with Crippen LogP contribution in [0.15, 0.2) is 30.3 Å². The normalized spacial score (nSPS) is 12.0. The molecule has 1 unspecified atom stereocenters. The monoisotopic (exact) mass is 277 g/mol. The summed E-state index contributed by atoms with van der Waals surface area (Å²) in [5.41, 5.74) is 0.780. The highest BCUT2D eigenvalue weighted by Gasteiger charge is 2.10. The Balaban J connectivity index is 2.26. The number of rotatable bonds is 7. The van der Waals surface area contributed by atoms with Gasteiger partial charge in [-0.15, -0.1) is 0 Å². The van der Waals surface area contributed by atoms with E-state index in [0.717, 1.165) is 5.69 Å². The molecule has 2 amide bonds. The molecule has 1 rings (SSSR count). The summed E-state index contributed by atoms with van der Waals surface area (Å²) in [6, 6.07) is 9.38. The van der Waals surface area contributed by atoms with Gasteiger partial charge < -0.3 is 16.0 Å². The fourth-order valence-corrected chi connectivity index (χ4v) is 1.72. The zero-order valence-electron chi connectivity index (χ0n) is 12.3. The van der Waals surface area contributed by atoms with E-state index >= 15 is 0 Å². The minimum absolute atomic E-state index is 0.0587. The summed E-state index contributed by atoms with van der Waals surface area (Å²) in [6.45, 7) is 5.93. The first-order valence-electron chi connectivity index (χ1n) is 6.85. The maximum atomic E-state index is 11.8. The molecular formula is C15H23N3O2. The van der Waals surface area contributed by atoms with Gasteiger partial charge >= 0.3 is 0 Å². The van der Waals surface area contributed by atoms with Crippen molar-refractivity contribution < 1.29 is 9.59 Å². The van der Waals surface area contributed by atoms with Crippen molar-refractivity contribution in [2.45, 2.75) is 39.3 Å². The Labute approximate surface area is 120 Å². The van der Waals surface area contributed by atoms with Crippen molar-refractivity contribution in [3.05, 3.63) is 30.3 Å². The zero-order chi connectivity index (χ0) is 15.0. The number of nitrogens with one attached hydrogen (secondary N) is 3. The van der Waals surface area contributed by atoms with E-state index in [-0.39, 0.29) is 30.4 Å². The Morgan fingerprint density at radius 2 is 1.70 bits per heavy atom. The van der Waals surface area contributed by atoms with Crippen LogP contribution in [0.5, 0.6) is 0 Å². The second kappa shape index (κ2) is 8.32. The maximum Gasteiger partial charge on any atom is 0.234 e. The van der Waals surface area contributed by atoms with Gasteiger partial charge in [-0.1, -0.05) is 18.2 Å². The number of benzene rings is 1. The van der Waals surface area contributed by atoms with Crippen LogP contribution in [0, 0.1) is 0 Å². The van der Waals surface area contributed by atoms with Crippen LogP contribution in [0.4, 0.5) is 5.69 Å². The number of hydrogen-bond donors (Lipinski definition) is 3. The van der Waals surface area contributed by atoms with Crippen LogP contribution < -0.4 is 16.0 Å². The summed E-state index contributed by atoms with van der Waals surface area (Å²) in [7, 11) is 0. The van der Waals surface area contributed by atoms with Crippen molar-refractivity contribution in [3.63, 3.8) is 0 Å². The Hall–Kier alpha value is -1.88. The van der Waals surface area contributed by atoms with Crippen LogP contribution in [0.3, 0.4) is 0 Å². The molecule has 20 heavy (non-hydrogen) atoms. The van der Waals surface area contributed by atoms with Gasteiger partial charge in [-0.25, -0.2) is 0 Å². The molecule has 0 aromatic heterocycles. The van der Waals surface area contributed by atoms with Crippen LogP contribution in [0.2, 0.25) is 0 Å². The number of para-hydroxylation sites is 1. The van der Waals surface area contributed by atoms with Crippen molar-refractivity contribution >= 4 is 17.5 Å². The minimum Gasteiger partial charge on any atom is -0.353 e. The van der Waals surface area contributed by atoms with Crippen molar-refractivity contribution in [3.8, 4) is 0 Å². The molecule has 1 aromatic carbocycles. The van der Waals surface area contributed by atoms with Crippen LogP contribution >= 0.6 is 0 Å². The summed E-state index contributed by atoms with van der Waals surface area (Å²) >= 11 is 0. The molecule has 0 aliphatic carbocycles. The SMILES string of the molecule is CC(C)NC(=O)CNC(C)CC(=O)Nc1ccccc1. The summed E-state index contributed by atoms with van der Waals surface area (Å²) in [6.07, 6.45) is 0.323. The molecule has 1 atom stereocenters. The molecule has 0 bridgehead atoms. The first-order valence-corrected chi connectivity index (χ1v) is 6.85. The molecule has 3 N–H and O–H groups in total. The third-order valence-corrected chi connectivity index (χ3v) is 2.61. The van der Waals surface area contributed by atoms with E-state index in [9.17, 15) is 9.59 Å². The highest BCUT2D eigenvalue weighted by Crippen LogP contribution is 2.06. The van der Waals surface area contributed by atoms with Crippen LogP contribution in [-0.4, -0.2) is 30.4 Å². The third-order valence-electron chi connectivity index (χ3n) is 2.61. The largest absolute Gasteiger partial charge is 0.353 e. The number of amides is 2. The smallest absolute Gasteiger partial charge is 0.234 e. The van der Waals surface area contributed by atoms with Gasteiger partial charge in [-0.2, -0.15) is 0 Å². The van der Waals surface area contributed by atoms with Gasteiger partial charge in [-0.05, 0) is 32.9 Å². The molecular weight excluding hydrogens is 254 g/mol. The first kappa shape index (κ1) is 16.2. The predicted molar refractivity (Wildman–Crippen MR) is 80.4 cm³/mol. The van der Waals surface area contributed by atoms with Gasteiger partial charge in [0.15, 0.2) is 0 Å². The first-order chi connectivity index (χ1) is 9.47. The molecule has 0 saturated carbocycles. The van der Waals surface area contributed by atoms with Gasteiger partial charge in [0.2, 0.25) is 11.8 Å². The van der Waals surface area contributed by atoms with E-state index in [0.29, 0.717) is 6.42 Å². The van der Waals surface area contributed by atoms with E-state index in [2.05, 4.69) is 16.0 Å². The number of hydrogen-bond acceptors (Lipinski definition) is 3. The molecule has 0 fully saturated rings. The second-order valence-corrected chi connectivity index (χ2v) is 5.12. The molecule has 110 valence electrons. The number of carbonyl (C=O) groups excluding carboxylic acids is 2. The topological polar surface area (TPSA) is 70.2 Å². The Morgan fingerprint density at radius 1 is 1.05 bits per heavy atom. The highest BCUT2D eigenvalue weighted by molar-refractivity contribution is 5.91. The fourth-order valence-electron chi connectivity index (χ4n) is 1.72. The molecule has 0 saturated heterocycles. The molecule has 0 heterocycles. The van der Waals surface area contributed by atoms with Gasteiger partial charge in [-0.3, -0.25) is 9.59 Å². The molecule has 0 aliphatic rings. The summed E-state index contributed by atoms with van der Waals surface area (Å²) in [4.78, 5) is 23.3. The highest BCUT2D eigenvalue weighted by atomic mass is 16.2. The lowest BCUT2D eigenvalue weighted by atomic mass is 10.2. The Bertz CT molecular complexity index is 432. The van der Waals surface area contributed by atoms with Gasteiger partial charge in [0, 0.05) is 24.2 Å². The summed E-state index contributed by atoms with van der Waals surface area (Å²) in [5.74, 6) is -0.129. The van der Waals surface area contributed by atoms with Gasteiger partial charge in [0.05, 0.1) is 6.54 Å². The lowest BCUT2D eigenvalue weighted by Crippen LogP contribution is -2.41. The van der Waals surface area contributed by atoms with E-state index in [1.54, 1.807) is 0 Å². The number of anilines is 1. The Kier molecular flexibility index (Phi) is 6.73. The average Bonchev–Trinajstić information content (AvgIpc) is 2.36. The summed E-state index contributed by atoms with van der Waals surface area (Å²) < 4.78 is 0. The van der Waals surface area contributed by atoms with Crippen molar-refractivity contribution in [1.82, 2.24) is 10.6 Å². The Morgan fingerprint density at radius 3 is 2.30 bits per heavy atom. The van der Waals surface area contributed by atoms with Crippen molar-refractivity contribution in [2.24, 2.45) is 0 Å². The molecule has 0 aliphatic heterocycles. The maximum absolute atomic E-state index is 11.8. The lowest BCUT2D eigenvalue weighted by Gasteiger charge is -2.14. The number of carbonyl (C=O) groups is 2. The van der Waals surface area contributed by atoms with E-state index in [4.69, 9.17) is 0 Å². The van der Waals surface area contributed by atoms with E-state index in [1.165, 1.54) is 0 Å². The average molecular weight is 277 g/mol. The zero-order valence-corrected chi connectivity index (χ0v) is 12.3. The van der Waals surface area contributed by atoms with Crippen molar-refractivity contribution in [2.75, 3.05) is 11.9 Å². The van der Waals surface area contributed by atoms with Crippen molar-refractivity contribution in [1.29, 1.82) is 0 Å². The van der Waals surface area contributed by atoms with Crippen LogP contribution in [0.1, 0.15) is 27.2 Å². The fraction of sp³-hybridized carbons (Fsp3) is 0.467.